The van der Waals surface area contributed by atoms with Crippen molar-refractivity contribution in [2.45, 2.75) is 160 Å². The number of para-hydroxylation sites is 1. The fraction of sp³-hybridized carbons (Fsp3) is 0.412. The lowest BCUT2D eigenvalue weighted by Gasteiger charge is -2.47. The van der Waals surface area contributed by atoms with Crippen LogP contribution in [0.1, 0.15) is 101 Å². The monoisotopic (exact) mass is 1880 g/mol. The molecule has 0 N–H and O–H groups in total. The molecule has 2 fully saturated rings. The molecular formula is C80H83F20N11O17S. The number of rotatable bonds is 26. The molecule has 9 rings (SSSR count). The van der Waals surface area contributed by atoms with Crippen LogP contribution in [0.25, 0.3) is 10.9 Å². The summed E-state index contributed by atoms with van der Waals surface area (Å²) in [5, 5.41) is 17.2. The number of hydrogen-bond acceptors (Lipinski definition) is 21. The Bertz CT molecular complexity index is 5060. The Labute approximate surface area is 725 Å². The summed E-state index contributed by atoms with van der Waals surface area (Å²) in [4.78, 5) is 111. The van der Waals surface area contributed by atoms with Gasteiger partial charge in [0.25, 0.3) is 11.6 Å². The molecule has 4 atom stereocenters. The lowest BCUT2D eigenvalue weighted by Crippen LogP contribution is -2.73. The maximum Gasteiger partial charge on any atom is 0.493 e. The van der Waals surface area contributed by atoms with Crippen molar-refractivity contribution in [2.24, 2.45) is 10.2 Å². The van der Waals surface area contributed by atoms with E-state index in [9.17, 15) is 141 Å². The Morgan fingerprint density at radius 1 is 0.636 bits per heavy atom. The second-order valence-corrected chi connectivity index (χ2v) is 30.7. The largest absolute Gasteiger partial charge is 0.497 e. The van der Waals surface area contributed by atoms with Crippen molar-refractivity contribution in [1.29, 1.82) is 0 Å². The van der Waals surface area contributed by atoms with Gasteiger partial charge in [-0.15, -0.1) is 99.6 Å². The summed E-state index contributed by atoms with van der Waals surface area (Å²) < 4.78 is 287. The molecule has 0 radical (unpaired) electrons. The normalized spacial score (nSPS) is 14.9. The lowest BCUT2D eigenvalue weighted by atomic mass is 9.95. The average Bonchev–Trinajstić information content (AvgIpc) is 1.55. The number of ether oxygens (including phenoxy) is 6. The average molecular weight is 1880 g/mol. The number of likely N-dealkylation sites (N-methyl/N-ethyl adjacent to an activating group) is 1. The standard InChI is InChI=1S/C18H20F4N2O4.C18H24F4N2O4.C17H16F4N2O4S.C14H8F4N4O3.C13H15F4NO2/c1-17(2,3)28-16(26)23-10-11(7-8-24(15(19)25)18(20,21)22)13-9-12(27-4)5-6-14(13)23;1-4-6-10-27-15-12-13(16(25)28-11-9-23(3)5-2)7-8-14(15)24(17(19)26)18(20,21)22;1-16(2)11(14(25)27-8-9-6-4-3-5-7-9)22-12(24)10(13(22)28-16)23(15(18)26)17(19,20)21;15-13(23)21(14(16,17)18)11-5-1-9(2-6-11)19-20-10-3-7-12(8-4-10)22(24)25;1-8-5-4-6-9(2)11(8)20-7-10(3)18(12(14)19)13(15,16)17/h5-6,9-10H,7-8H2,1-4H3;7-8,12H,4-6,9-11H2,1-3H3;3-7,10-11,13H,8H2,1-2H3;1-8H;4-6,10H,7H2,1-3H3/t;;10-,11+,13-;;/m..0../s1. The van der Waals surface area contributed by atoms with E-state index in [4.69, 9.17) is 28.4 Å². The number of carbonyl (C=O) groups excluding carboxylic acids is 9. The van der Waals surface area contributed by atoms with Crippen LogP contribution in [0.3, 0.4) is 0 Å². The van der Waals surface area contributed by atoms with Crippen LogP contribution < -0.4 is 24.0 Å². The van der Waals surface area contributed by atoms with Crippen LogP contribution in [0.4, 0.5) is 145 Å². The molecule has 6 amide bonds. The Kier molecular flexibility index (Phi) is 37.6. The van der Waals surface area contributed by atoms with Crippen molar-refractivity contribution in [3.05, 3.63) is 178 Å². The zero-order valence-corrected chi connectivity index (χ0v) is 70.8. The fourth-order valence-electron chi connectivity index (χ4n) is 11.7. The molecule has 2 saturated heterocycles. The first-order valence-electron chi connectivity index (χ1n) is 37.7. The summed E-state index contributed by atoms with van der Waals surface area (Å²) in [6, 6.07) is 25.9. The molecule has 28 nitrogen and oxygen atoms in total. The van der Waals surface area contributed by atoms with Crippen molar-refractivity contribution < 1.29 is 164 Å². The van der Waals surface area contributed by atoms with Crippen molar-refractivity contribution in [1.82, 2.24) is 29.1 Å². The van der Waals surface area contributed by atoms with E-state index in [1.807, 2.05) is 25.8 Å². The molecule has 0 spiro atoms. The van der Waals surface area contributed by atoms with Crippen molar-refractivity contribution >= 4 is 106 Å². The molecule has 1 aromatic heterocycles. The van der Waals surface area contributed by atoms with Gasteiger partial charge in [-0.05, 0) is 177 Å². The van der Waals surface area contributed by atoms with Gasteiger partial charge in [0.05, 0.1) is 58.5 Å². The van der Waals surface area contributed by atoms with Crippen molar-refractivity contribution in [3.63, 3.8) is 0 Å². The molecule has 49 heteroatoms. The van der Waals surface area contributed by atoms with Crippen LogP contribution in [0.15, 0.2) is 150 Å². The van der Waals surface area contributed by atoms with Gasteiger partial charge in [0, 0.05) is 41.6 Å². The van der Waals surface area contributed by atoms with Gasteiger partial charge in [0.15, 0.2) is 6.04 Å². The predicted molar refractivity (Wildman–Crippen MR) is 423 cm³/mol. The lowest BCUT2D eigenvalue weighted by molar-refractivity contribution is -0.384. The highest BCUT2D eigenvalue weighted by atomic mass is 32.2. The first kappa shape index (κ1) is 107. The third-order valence-electron chi connectivity index (χ3n) is 17.9. The summed E-state index contributed by atoms with van der Waals surface area (Å²) in [7, 11) is 3.25. The molecule has 1 unspecified atom stereocenters. The quantitative estimate of drug-likeness (QED) is 0.00465. The Morgan fingerprint density at radius 2 is 1.20 bits per heavy atom. The van der Waals surface area contributed by atoms with E-state index in [2.05, 4.69) is 10.2 Å². The van der Waals surface area contributed by atoms with Gasteiger partial charge >= 0.3 is 80.3 Å². The van der Waals surface area contributed by atoms with Gasteiger partial charge in [-0.25, -0.2) is 53.1 Å². The number of amides is 6. The Morgan fingerprint density at radius 3 is 1.67 bits per heavy atom. The van der Waals surface area contributed by atoms with Gasteiger partial charge in [0.1, 0.15) is 54.1 Å². The number of fused-ring (bicyclic) bond motifs is 2. The molecule has 129 heavy (non-hydrogen) atoms. The highest BCUT2D eigenvalue weighted by Crippen LogP contribution is 2.54. The number of thioether (sulfide) groups is 1. The fourth-order valence-corrected chi connectivity index (χ4v) is 13.4. The van der Waals surface area contributed by atoms with Gasteiger partial charge in [0.2, 0.25) is 0 Å². The predicted octanol–water partition coefficient (Wildman–Crippen LogP) is 21.8. The molecule has 3 heterocycles. The topological polar surface area (TPSA) is 304 Å². The molecule has 0 bridgehead atoms. The first-order chi connectivity index (χ1) is 59.7. The van der Waals surface area contributed by atoms with E-state index >= 15 is 0 Å². The van der Waals surface area contributed by atoms with E-state index in [0.717, 1.165) is 88.3 Å². The van der Waals surface area contributed by atoms with E-state index in [1.165, 1.54) is 37.6 Å². The minimum Gasteiger partial charge on any atom is -0.497 e. The number of aromatic nitrogens is 1. The number of nitro benzene ring substituents is 1. The van der Waals surface area contributed by atoms with Gasteiger partial charge in [-0.2, -0.15) is 20.0 Å². The number of non-ortho nitro benzene ring substituents is 1. The summed E-state index contributed by atoms with van der Waals surface area (Å²) in [5.74, 6) is -2.26. The molecule has 2 aliphatic rings. The number of anilines is 2. The number of β-lactam (4-membered cyclic amide) rings is 1. The second kappa shape index (κ2) is 45.4. The van der Waals surface area contributed by atoms with Crippen LogP contribution in [-0.2, 0) is 36.8 Å². The number of methoxy groups -OCH3 is 1. The third-order valence-corrected chi connectivity index (χ3v) is 19.5. The smallest absolute Gasteiger partial charge is 0.493 e. The van der Waals surface area contributed by atoms with Gasteiger partial charge in [-0.3, -0.25) is 19.5 Å². The second-order valence-electron chi connectivity index (χ2n) is 28.9. The van der Waals surface area contributed by atoms with Crippen LogP contribution >= 0.6 is 11.8 Å². The minimum absolute atomic E-state index is 0.0372. The Hall–Kier alpha value is -12.6. The zero-order chi connectivity index (χ0) is 97.6. The highest BCUT2D eigenvalue weighted by molar-refractivity contribution is 8.01. The van der Waals surface area contributed by atoms with Gasteiger partial charge < -0.3 is 38.2 Å². The minimum atomic E-state index is -5.35. The molecule has 7 aromatic rings. The molecular weight excluding hydrogens is 1800 g/mol. The number of aryl methyl sites for hydroxylation is 2. The van der Waals surface area contributed by atoms with Crippen molar-refractivity contribution in [2.75, 3.05) is 63.4 Å². The summed E-state index contributed by atoms with van der Waals surface area (Å²) in [5.41, 5.74) is 0.779. The number of halogens is 20. The molecule has 0 saturated carbocycles. The summed E-state index contributed by atoms with van der Waals surface area (Å²) in [6.45, 7) is 16.4. The number of hydrogen-bond donors (Lipinski definition) is 0. The zero-order valence-electron chi connectivity index (χ0n) is 70.0. The molecule has 2 aliphatic heterocycles. The maximum atomic E-state index is 13.1. The third kappa shape index (κ3) is 30.5. The number of alkyl halides is 15. The van der Waals surface area contributed by atoms with E-state index in [1.54, 1.807) is 115 Å². The number of unbranched alkanes of at least 4 members (excludes halogenated alkanes) is 1. The summed E-state index contributed by atoms with van der Waals surface area (Å²) in [6.07, 6.45) is -37.9. The molecule has 6 aromatic carbocycles. The van der Waals surface area contributed by atoms with Crippen LogP contribution in [0.5, 0.6) is 17.2 Å². The van der Waals surface area contributed by atoms with Crippen LogP contribution in [0, 0.1) is 24.0 Å². The maximum absolute atomic E-state index is 13.1. The summed E-state index contributed by atoms with van der Waals surface area (Å²) >= 11 is 0.893. The molecule has 0 aliphatic carbocycles. The van der Waals surface area contributed by atoms with Crippen molar-refractivity contribution in [3.8, 4) is 17.2 Å². The van der Waals surface area contributed by atoms with E-state index < -0.39 is 180 Å². The Balaban J connectivity index is 0.000000287. The first-order valence-corrected chi connectivity index (χ1v) is 38.6. The van der Waals surface area contributed by atoms with Crippen LogP contribution in [0.2, 0.25) is 0 Å². The SMILES string of the molecule is CC1(C)S[C@H]2[C@@H](N(C(=O)F)C(F)(F)F)C(=O)N2[C@@H]1C(=O)OCc1ccccc1.CCCCOc1cc(C(=O)OCCN(C)CC)ccc1N(C(=O)F)C(F)(F)F.COc1ccc2c(c1)c(CCN(C(=O)F)C(F)(F)F)cn2C(=O)OC(C)(C)C.Cc1cccc(C)c1OCC(C)N(C(=O)F)C(F)(F)F.O=C(F)N(c1ccc(N=Nc2ccc([N+](=O)[O-])cc2)cc1)C(F)(F)F. The van der Waals surface area contributed by atoms with E-state index in [-0.39, 0.29) is 48.9 Å². The van der Waals surface area contributed by atoms with E-state index in [0.29, 0.717) is 52.9 Å². The highest BCUT2D eigenvalue weighted by Gasteiger charge is 2.69. The number of nitrogens with zero attached hydrogens (tertiary/aromatic N) is 11. The molecule has 706 valence electrons. The number of nitro groups is 1. The number of carbonyl (C=O) groups is 9. The number of esters is 2. The number of azo groups is 1. The number of benzene rings is 6. The van der Waals surface area contributed by atoms with Crippen LogP contribution in [-0.4, -0.2) is 208 Å². The van der Waals surface area contributed by atoms with Gasteiger partial charge in [-0.1, -0.05) is 68.8 Å².